The quantitative estimate of drug-likeness (QED) is 0.860. The molecule has 1 spiro atoms. The largest absolute Gasteiger partial charge is 0.323 e. The van der Waals surface area contributed by atoms with Crippen molar-refractivity contribution in [2.75, 3.05) is 0 Å². The predicted octanol–water partition coefficient (Wildman–Crippen LogP) is 3.38. The lowest BCUT2D eigenvalue weighted by Gasteiger charge is -2.44. The SMILES string of the molecule is CC1CC(C)CC2(C1)C(=N)NC(=O)N2Cc1ccccc1. The van der Waals surface area contributed by atoms with Crippen molar-refractivity contribution in [2.24, 2.45) is 11.8 Å². The number of nitrogens with one attached hydrogen (secondary N) is 2. The number of hydrogen-bond donors (Lipinski definition) is 2. The standard InChI is InChI=1S/C17H23N3O/c1-12-8-13(2)10-17(9-12)15(18)19-16(21)20(17)11-14-6-4-3-5-7-14/h3-7,12-13H,8-11H2,1-2H3,(H2,18,19,21). The van der Waals surface area contributed by atoms with Crippen molar-refractivity contribution in [3.8, 4) is 0 Å². The zero-order valence-electron chi connectivity index (χ0n) is 12.7. The van der Waals surface area contributed by atoms with E-state index in [1.165, 1.54) is 6.42 Å². The number of urea groups is 1. The van der Waals surface area contributed by atoms with Crippen LogP contribution in [0.5, 0.6) is 0 Å². The first-order valence-electron chi connectivity index (χ1n) is 7.73. The third kappa shape index (κ3) is 2.43. The molecule has 1 saturated heterocycles. The molecule has 2 amide bonds. The minimum absolute atomic E-state index is 0.120. The summed E-state index contributed by atoms with van der Waals surface area (Å²) >= 11 is 0. The Bertz CT molecular complexity index is 544. The van der Waals surface area contributed by atoms with Crippen molar-refractivity contribution in [3.05, 3.63) is 35.9 Å². The Kier molecular flexibility index (Phi) is 3.47. The molecule has 1 aromatic rings. The minimum Gasteiger partial charge on any atom is -0.307 e. The smallest absolute Gasteiger partial charge is 0.307 e. The fraction of sp³-hybridized carbons (Fsp3) is 0.529. The third-order valence-electron chi connectivity index (χ3n) is 4.82. The van der Waals surface area contributed by atoms with Gasteiger partial charge >= 0.3 is 6.03 Å². The van der Waals surface area contributed by atoms with Crippen molar-refractivity contribution in [1.82, 2.24) is 10.2 Å². The number of amides is 2. The van der Waals surface area contributed by atoms with E-state index >= 15 is 0 Å². The van der Waals surface area contributed by atoms with Gasteiger partial charge in [0.1, 0.15) is 11.4 Å². The van der Waals surface area contributed by atoms with Gasteiger partial charge in [0.15, 0.2) is 0 Å². The number of hydrogen-bond acceptors (Lipinski definition) is 2. The Morgan fingerprint density at radius 3 is 2.48 bits per heavy atom. The second-order valence-electron chi connectivity index (χ2n) is 6.76. The molecule has 3 rings (SSSR count). The number of amidine groups is 1. The molecule has 1 saturated carbocycles. The molecule has 4 nitrogen and oxygen atoms in total. The highest BCUT2D eigenvalue weighted by Gasteiger charge is 2.52. The van der Waals surface area contributed by atoms with Crippen LogP contribution < -0.4 is 5.32 Å². The molecular weight excluding hydrogens is 262 g/mol. The number of benzene rings is 1. The molecule has 1 aliphatic heterocycles. The summed E-state index contributed by atoms with van der Waals surface area (Å²) in [6.45, 7) is 5.04. The first kappa shape index (κ1) is 14.1. The summed E-state index contributed by atoms with van der Waals surface area (Å²) < 4.78 is 0. The van der Waals surface area contributed by atoms with Gasteiger partial charge in [-0.3, -0.25) is 10.7 Å². The van der Waals surface area contributed by atoms with Gasteiger partial charge in [0.2, 0.25) is 0 Å². The van der Waals surface area contributed by atoms with E-state index in [1.54, 1.807) is 0 Å². The van der Waals surface area contributed by atoms with Gasteiger partial charge in [0, 0.05) is 6.54 Å². The van der Waals surface area contributed by atoms with Gasteiger partial charge in [-0.1, -0.05) is 44.2 Å². The topological polar surface area (TPSA) is 56.2 Å². The molecule has 1 aromatic carbocycles. The fourth-order valence-corrected chi connectivity index (χ4v) is 4.12. The van der Waals surface area contributed by atoms with Crippen LogP contribution in [0, 0.1) is 17.2 Å². The molecule has 0 bridgehead atoms. The van der Waals surface area contributed by atoms with Gasteiger partial charge in [0.25, 0.3) is 0 Å². The average Bonchev–Trinajstić information content (AvgIpc) is 2.63. The molecular formula is C17H23N3O. The van der Waals surface area contributed by atoms with Gasteiger partial charge in [-0.15, -0.1) is 0 Å². The predicted molar refractivity (Wildman–Crippen MR) is 83.2 cm³/mol. The maximum atomic E-state index is 12.3. The van der Waals surface area contributed by atoms with Crippen LogP contribution in [-0.4, -0.2) is 22.3 Å². The van der Waals surface area contributed by atoms with Crippen molar-refractivity contribution < 1.29 is 4.79 Å². The highest BCUT2D eigenvalue weighted by molar-refractivity contribution is 6.08. The maximum absolute atomic E-state index is 12.3. The van der Waals surface area contributed by atoms with Crippen molar-refractivity contribution in [3.63, 3.8) is 0 Å². The van der Waals surface area contributed by atoms with E-state index in [-0.39, 0.29) is 6.03 Å². The Balaban J connectivity index is 1.92. The highest BCUT2D eigenvalue weighted by atomic mass is 16.2. The van der Waals surface area contributed by atoms with Crippen molar-refractivity contribution in [2.45, 2.75) is 45.2 Å². The zero-order chi connectivity index (χ0) is 15.0. The van der Waals surface area contributed by atoms with E-state index < -0.39 is 5.54 Å². The summed E-state index contributed by atoms with van der Waals surface area (Å²) in [5.41, 5.74) is 0.692. The first-order valence-corrected chi connectivity index (χ1v) is 7.73. The monoisotopic (exact) mass is 285 g/mol. The van der Waals surface area contributed by atoms with Crippen LogP contribution in [-0.2, 0) is 6.54 Å². The number of carbonyl (C=O) groups excluding carboxylic acids is 1. The van der Waals surface area contributed by atoms with Gasteiger partial charge in [-0.05, 0) is 36.7 Å². The van der Waals surface area contributed by atoms with Crippen LogP contribution in [0.1, 0.15) is 38.7 Å². The summed E-state index contributed by atoms with van der Waals surface area (Å²) in [7, 11) is 0. The normalized spacial score (nSPS) is 32.6. The molecule has 2 N–H and O–H groups in total. The Morgan fingerprint density at radius 1 is 1.24 bits per heavy atom. The number of nitrogens with zero attached hydrogens (tertiary/aromatic N) is 1. The molecule has 21 heavy (non-hydrogen) atoms. The van der Waals surface area contributed by atoms with Crippen molar-refractivity contribution in [1.29, 1.82) is 5.41 Å². The number of rotatable bonds is 2. The van der Waals surface area contributed by atoms with Crippen LogP contribution in [0.4, 0.5) is 4.79 Å². The van der Waals surface area contributed by atoms with Crippen LogP contribution in [0.15, 0.2) is 30.3 Å². The fourth-order valence-electron chi connectivity index (χ4n) is 4.12. The highest BCUT2D eigenvalue weighted by Crippen LogP contribution is 2.43. The Morgan fingerprint density at radius 2 is 1.86 bits per heavy atom. The van der Waals surface area contributed by atoms with E-state index in [2.05, 4.69) is 19.2 Å². The summed E-state index contributed by atoms with van der Waals surface area (Å²) in [6, 6.07) is 9.93. The lowest BCUT2D eigenvalue weighted by atomic mass is 9.70. The van der Waals surface area contributed by atoms with Gasteiger partial charge < -0.3 is 4.90 Å². The van der Waals surface area contributed by atoms with E-state index in [1.807, 2.05) is 35.2 Å². The average molecular weight is 285 g/mol. The zero-order valence-corrected chi connectivity index (χ0v) is 12.7. The molecule has 2 atom stereocenters. The molecule has 2 unspecified atom stereocenters. The van der Waals surface area contributed by atoms with Gasteiger partial charge in [0.05, 0.1) is 0 Å². The summed E-state index contributed by atoms with van der Waals surface area (Å²) in [4.78, 5) is 14.2. The van der Waals surface area contributed by atoms with E-state index in [0.29, 0.717) is 24.2 Å². The lowest BCUT2D eigenvalue weighted by molar-refractivity contribution is 0.0990. The lowest BCUT2D eigenvalue weighted by Crippen LogP contribution is -2.53. The minimum atomic E-state index is -0.427. The molecule has 1 heterocycles. The van der Waals surface area contributed by atoms with Crippen LogP contribution in [0.2, 0.25) is 0 Å². The Labute approximate surface area is 126 Å². The molecule has 2 aliphatic rings. The van der Waals surface area contributed by atoms with E-state index in [4.69, 9.17) is 5.41 Å². The summed E-state index contributed by atoms with van der Waals surface area (Å²) in [5, 5.41) is 11.1. The second kappa shape index (κ2) is 5.17. The second-order valence-corrected chi connectivity index (χ2v) is 6.76. The third-order valence-corrected chi connectivity index (χ3v) is 4.82. The van der Waals surface area contributed by atoms with Crippen LogP contribution >= 0.6 is 0 Å². The van der Waals surface area contributed by atoms with Gasteiger partial charge in [-0.25, -0.2) is 4.79 Å². The van der Waals surface area contributed by atoms with Crippen LogP contribution in [0.3, 0.4) is 0 Å². The molecule has 0 radical (unpaired) electrons. The number of carbonyl (C=O) groups is 1. The molecule has 112 valence electrons. The van der Waals surface area contributed by atoms with E-state index in [9.17, 15) is 4.79 Å². The van der Waals surface area contributed by atoms with Gasteiger partial charge in [-0.2, -0.15) is 0 Å². The molecule has 4 heteroatoms. The van der Waals surface area contributed by atoms with E-state index in [0.717, 1.165) is 18.4 Å². The van der Waals surface area contributed by atoms with Crippen LogP contribution in [0.25, 0.3) is 0 Å². The van der Waals surface area contributed by atoms with Crippen molar-refractivity contribution >= 4 is 11.9 Å². The molecule has 1 aliphatic carbocycles. The Hall–Kier alpha value is -1.84. The summed E-state index contributed by atoms with van der Waals surface area (Å²) in [5.74, 6) is 1.47. The maximum Gasteiger partial charge on any atom is 0.323 e. The molecule has 2 fully saturated rings. The molecule has 0 aromatic heterocycles. The first-order chi connectivity index (χ1) is 10.0. The summed E-state index contributed by atoms with van der Waals surface area (Å²) in [6.07, 6.45) is 2.96.